The zero-order chi connectivity index (χ0) is 34.4. The Balaban J connectivity index is 1.46. The molecule has 0 unspecified atom stereocenters. The van der Waals surface area contributed by atoms with Gasteiger partial charge in [-0.1, -0.05) is 57.2 Å². The van der Waals surface area contributed by atoms with E-state index in [1.165, 1.54) is 5.01 Å². The fraction of sp³-hybridized carbons (Fsp3) is 0.526. The lowest BCUT2D eigenvalue weighted by atomic mass is 9.84. The lowest BCUT2D eigenvalue weighted by Crippen LogP contribution is -2.61. The molecule has 48 heavy (non-hydrogen) atoms. The smallest absolute Gasteiger partial charge is 0.325 e. The largest absolute Gasteiger partial charge is 0.508 e. The van der Waals surface area contributed by atoms with Crippen molar-refractivity contribution < 1.29 is 33.8 Å². The number of allylic oxidation sites excluding steroid dienone is 1. The Kier molecular flexibility index (Phi) is 11.7. The summed E-state index contributed by atoms with van der Waals surface area (Å²) in [5.74, 6) is -2.51. The minimum Gasteiger partial charge on any atom is -0.508 e. The van der Waals surface area contributed by atoms with E-state index in [2.05, 4.69) is 35.0 Å². The van der Waals surface area contributed by atoms with Crippen LogP contribution < -0.4 is 10.7 Å². The Morgan fingerprint density at radius 1 is 1.06 bits per heavy atom. The average Bonchev–Trinajstić information content (AvgIpc) is 3.47. The molecule has 2 aromatic rings. The van der Waals surface area contributed by atoms with E-state index < -0.39 is 41.7 Å². The van der Waals surface area contributed by atoms with E-state index >= 15 is 0 Å². The number of phenols is 1. The van der Waals surface area contributed by atoms with Crippen molar-refractivity contribution >= 4 is 29.6 Å². The number of rotatable bonds is 4. The molecule has 5 rings (SSSR count). The molecule has 10 heteroatoms. The van der Waals surface area contributed by atoms with Crippen LogP contribution in [0, 0.1) is 17.8 Å². The summed E-state index contributed by atoms with van der Waals surface area (Å²) < 4.78 is 11.8. The van der Waals surface area contributed by atoms with Crippen LogP contribution in [0.25, 0.3) is 6.08 Å². The quantitative estimate of drug-likeness (QED) is 0.398. The van der Waals surface area contributed by atoms with E-state index in [-0.39, 0.29) is 42.5 Å². The Hall–Kier alpha value is -4.02. The molecule has 4 bridgehead atoms. The molecule has 2 aromatic carbocycles. The molecule has 3 N–H and O–H groups in total. The van der Waals surface area contributed by atoms with Crippen molar-refractivity contribution in [1.82, 2.24) is 15.8 Å². The summed E-state index contributed by atoms with van der Waals surface area (Å²) >= 11 is 0. The van der Waals surface area contributed by atoms with Crippen LogP contribution in [0.15, 0.2) is 48.5 Å². The average molecular weight is 660 g/mol. The van der Waals surface area contributed by atoms with Gasteiger partial charge < -0.3 is 19.9 Å². The molecule has 1 fully saturated rings. The van der Waals surface area contributed by atoms with Crippen molar-refractivity contribution in [3.63, 3.8) is 0 Å². The number of hydrogen-bond donors (Lipinski definition) is 3. The molecule has 10 nitrogen and oxygen atoms in total. The summed E-state index contributed by atoms with van der Waals surface area (Å²) in [5.41, 5.74) is 6.91. The van der Waals surface area contributed by atoms with Gasteiger partial charge in [-0.2, -0.15) is 0 Å². The van der Waals surface area contributed by atoms with Crippen LogP contribution in [-0.2, 0) is 41.5 Å². The van der Waals surface area contributed by atoms with Crippen molar-refractivity contribution in [1.29, 1.82) is 0 Å². The van der Waals surface area contributed by atoms with Gasteiger partial charge in [0, 0.05) is 38.3 Å². The number of hydrazine groups is 1. The third-order valence-corrected chi connectivity index (χ3v) is 10.0. The predicted molar refractivity (Wildman–Crippen MR) is 181 cm³/mol. The standard InChI is InChI=1S/C38H49N3O7/c1-23(2)29-22-33(43)24(3)34(47-4)13-6-5-9-25-14-15-27-16-17-35(30(27)20-25)48-38(46)31-12-8-18-41(40-31)37(45)32(39-36(29)44)21-26-10-7-11-28(42)19-26/h5,7,9-11,14-15,19-20,23-24,29,31-32,34-35,40,42H,6,8,12-13,16-18,21-22H2,1-4H3,(H,39,44)/b9-5+/t24-,29-,31-,32-,34+,35+/m0/s1. The zero-order valence-electron chi connectivity index (χ0n) is 28.4. The molecular formula is C38H49N3O7. The van der Waals surface area contributed by atoms with Crippen molar-refractivity contribution in [3.05, 3.63) is 70.8 Å². The second-order valence-corrected chi connectivity index (χ2v) is 13.7. The summed E-state index contributed by atoms with van der Waals surface area (Å²) in [6, 6.07) is 11.1. The fourth-order valence-corrected chi connectivity index (χ4v) is 7.03. The number of aromatic hydroxyl groups is 1. The number of esters is 1. The second-order valence-electron chi connectivity index (χ2n) is 13.7. The van der Waals surface area contributed by atoms with Crippen LogP contribution >= 0.6 is 0 Å². The van der Waals surface area contributed by atoms with E-state index in [0.29, 0.717) is 44.2 Å². The van der Waals surface area contributed by atoms with Gasteiger partial charge in [0.15, 0.2) is 0 Å². The number of aryl methyl sites for hydroxylation is 1. The molecule has 3 aliphatic rings. The minimum absolute atomic E-state index is 0.0135. The normalized spacial score (nSPS) is 28.3. The minimum atomic E-state index is -1.01. The highest BCUT2D eigenvalue weighted by atomic mass is 16.5. The Labute approximate surface area is 283 Å². The number of fused-ring (bicyclic) bond motifs is 3. The topological polar surface area (TPSA) is 134 Å². The summed E-state index contributed by atoms with van der Waals surface area (Å²) in [6.45, 7) is 5.98. The van der Waals surface area contributed by atoms with Gasteiger partial charge in [-0.25, -0.2) is 5.43 Å². The van der Waals surface area contributed by atoms with Crippen LogP contribution in [0.2, 0.25) is 0 Å². The molecule has 1 aliphatic carbocycles. The molecule has 0 saturated carbocycles. The monoisotopic (exact) mass is 659 g/mol. The number of benzene rings is 2. The molecule has 0 spiro atoms. The van der Waals surface area contributed by atoms with Gasteiger partial charge in [0.25, 0.3) is 5.91 Å². The van der Waals surface area contributed by atoms with Gasteiger partial charge in [0.05, 0.1) is 6.10 Å². The molecular weight excluding hydrogens is 610 g/mol. The van der Waals surface area contributed by atoms with Crippen LogP contribution in [0.1, 0.15) is 87.7 Å². The van der Waals surface area contributed by atoms with Crippen LogP contribution in [0.3, 0.4) is 0 Å². The van der Waals surface area contributed by atoms with E-state index in [1.807, 2.05) is 26.8 Å². The third kappa shape index (κ3) is 8.52. The Morgan fingerprint density at radius 3 is 2.62 bits per heavy atom. The molecule has 6 atom stereocenters. The molecule has 2 heterocycles. The lowest BCUT2D eigenvalue weighted by molar-refractivity contribution is -0.157. The van der Waals surface area contributed by atoms with Crippen molar-refractivity contribution in [3.8, 4) is 5.75 Å². The maximum Gasteiger partial charge on any atom is 0.325 e. The highest BCUT2D eigenvalue weighted by molar-refractivity contribution is 5.92. The van der Waals surface area contributed by atoms with Crippen LogP contribution in [0.4, 0.5) is 0 Å². The maximum absolute atomic E-state index is 14.1. The number of hydrogen-bond acceptors (Lipinski definition) is 8. The second kappa shape index (κ2) is 15.9. The van der Waals surface area contributed by atoms with Crippen LogP contribution in [0.5, 0.6) is 5.75 Å². The fourth-order valence-electron chi connectivity index (χ4n) is 7.03. The Morgan fingerprint density at radius 2 is 1.88 bits per heavy atom. The molecule has 1 saturated heterocycles. The first-order valence-corrected chi connectivity index (χ1v) is 17.2. The summed E-state index contributed by atoms with van der Waals surface area (Å²) in [7, 11) is 1.60. The highest BCUT2D eigenvalue weighted by Gasteiger charge is 2.37. The number of nitrogens with one attached hydrogen (secondary N) is 2. The van der Waals surface area contributed by atoms with Gasteiger partial charge in [-0.05, 0) is 84.9 Å². The number of carbonyl (C=O) groups is 4. The number of amides is 2. The number of Topliss-reactive ketones (excluding diaryl/α,β-unsaturated/α-hetero) is 1. The first kappa shape index (κ1) is 35.3. The molecule has 2 amide bonds. The number of nitrogens with zero attached hydrogens (tertiary/aromatic N) is 1. The number of methoxy groups -OCH3 is 1. The van der Waals surface area contributed by atoms with Gasteiger partial charge >= 0.3 is 5.97 Å². The molecule has 258 valence electrons. The molecule has 0 aromatic heterocycles. The van der Waals surface area contributed by atoms with Gasteiger partial charge in [-0.3, -0.25) is 24.2 Å². The van der Waals surface area contributed by atoms with Gasteiger partial charge in [0.2, 0.25) is 5.91 Å². The summed E-state index contributed by atoms with van der Waals surface area (Å²) in [6.07, 6.45) is 7.46. The summed E-state index contributed by atoms with van der Waals surface area (Å²) in [4.78, 5) is 55.1. The van der Waals surface area contributed by atoms with Crippen LogP contribution in [-0.4, -0.2) is 65.5 Å². The number of carbonyl (C=O) groups excluding carboxylic acids is 4. The van der Waals surface area contributed by atoms with Gasteiger partial charge in [-0.15, -0.1) is 0 Å². The number of ketones is 1. The van der Waals surface area contributed by atoms with Crippen molar-refractivity contribution in [2.75, 3.05) is 13.7 Å². The summed E-state index contributed by atoms with van der Waals surface area (Å²) in [5, 5.41) is 14.5. The lowest BCUT2D eigenvalue weighted by Gasteiger charge is -2.36. The maximum atomic E-state index is 14.1. The van der Waals surface area contributed by atoms with E-state index in [0.717, 1.165) is 23.1 Å². The first-order valence-electron chi connectivity index (χ1n) is 17.2. The molecule has 0 radical (unpaired) electrons. The zero-order valence-corrected chi connectivity index (χ0v) is 28.4. The number of ether oxygens (including phenoxy) is 2. The molecule has 2 aliphatic heterocycles. The Bertz CT molecular complexity index is 1520. The SMILES string of the molecule is CO[C@@H]1CC/C=C/c2ccc3c(c2)[C@@H](CC3)OC(=O)[C@@H]2CCCN(N2)C(=O)[C@H](Cc2cccc(O)c2)NC(=O)[C@H](C(C)C)CC(=O)[C@@H]1C. The third-order valence-electron chi connectivity index (χ3n) is 10.0. The van der Waals surface area contributed by atoms with Crippen molar-refractivity contribution in [2.45, 2.75) is 96.4 Å². The van der Waals surface area contributed by atoms with Gasteiger partial charge in [0.1, 0.15) is 29.7 Å². The first-order chi connectivity index (χ1) is 23.0. The predicted octanol–water partition coefficient (Wildman–Crippen LogP) is 4.84. The van der Waals surface area contributed by atoms with E-state index in [9.17, 15) is 24.3 Å². The van der Waals surface area contributed by atoms with E-state index in [1.54, 1.807) is 31.4 Å². The number of phenolic OH excluding ortho intramolecular Hbond substituents is 1. The highest BCUT2D eigenvalue weighted by Crippen LogP contribution is 2.35. The van der Waals surface area contributed by atoms with E-state index in [4.69, 9.17) is 9.47 Å². The van der Waals surface area contributed by atoms with Crippen molar-refractivity contribution in [2.24, 2.45) is 17.8 Å².